The van der Waals surface area contributed by atoms with E-state index >= 15 is 0 Å². The van der Waals surface area contributed by atoms with Crippen LogP contribution in [0.3, 0.4) is 0 Å². The smallest absolute Gasteiger partial charge is 0.445 e. The first-order chi connectivity index (χ1) is 6.38. The zero-order chi connectivity index (χ0) is 10.8. The van der Waals surface area contributed by atoms with E-state index in [2.05, 4.69) is 15.9 Å². The van der Waals surface area contributed by atoms with Crippen molar-refractivity contribution in [1.82, 2.24) is 0 Å². The second-order valence-corrected chi connectivity index (χ2v) is 3.90. The molecule has 0 atom stereocenters. The van der Waals surface area contributed by atoms with Crippen molar-refractivity contribution >= 4 is 29.0 Å². The van der Waals surface area contributed by atoms with Crippen LogP contribution in [0.4, 0.5) is 12.9 Å². The maximum atomic E-state index is 11.9. The predicted octanol–water partition coefficient (Wildman–Crippen LogP) is 1.16. The molecule has 0 aliphatic carbocycles. The van der Waals surface area contributed by atoms with Crippen LogP contribution in [0.5, 0.6) is 0 Å². The molecule has 1 aromatic carbocycles. The fourth-order valence-electron chi connectivity index (χ4n) is 1.00. The molecule has 0 saturated carbocycles. The van der Waals surface area contributed by atoms with Gasteiger partial charge in [0, 0.05) is 4.47 Å². The minimum absolute atomic E-state index is 0. The zero-order valence-electron chi connectivity index (χ0n) is 8.48. The average Bonchev–Trinajstić information content (AvgIpc) is 2.05. The van der Waals surface area contributed by atoms with Gasteiger partial charge in [-0.25, -0.2) is 0 Å². The van der Waals surface area contributed by atoms with Gasteiger partial charge in [0.1, 0.15) is 0 Å². The van der Waals surface area contributed by atoms with Crippen molar-refractivity contribution in [2.75, 3.05) is 0 Å². The van der Waals surface area contributed by atoms with Crippen LogP contribution in [0.25, 0.3) is 6.08 Å². The monoisotopic (exact) mass is 302 g/mol. The van der Waals surface area contributed by atoms with Crippen molar-refractivity contribution in [3.05, 3.63) is 39.8 Å². The van der Waals surface area contributed by atoms with E-state index in [1.165, 1.54) is 0 Å². The molecule has 0 nitrogen and oxygen atoms in total. The van der Waals surface area contributed by atoms with E-state index in [1.807, 2.05) is 0 Å². The standard InChI is InChI=1S/C9H8BBrF3.K/c1-7-2-3-9(11)6-8(7)4-5-10(12,13)14;/h2-6H,1H3;/q-1;+1/b5-4+;. The minimum atomic E-state index is -4.85. The van der Waals surface area contributed by atoms with Gasteiger partial charge >= 0.3 is 58.4 Å². The quantitative estimate of drug-likeness (QED) is 0.719. The first-order valence-corrected chi connectivity index (χ1v) is 4.83. The van der Waals surface area contributed by atoms with Gasteiger partial charge in [-0.15, -0.1) is 5.98 Å². The van der Waals surface area contributed by atoms with Crippen molar-refractivity contribution < 1.29 is 64.3 Å². The van der Waals surface area contributed by atoms with Gasteiger partial charge < -0.3 is 12.9 Å². The van der Waals surface area contributed by atoms with Crippen LogP contribution in [0.1, 0.15) is 11.1 Å². The normalized spacial score (nSPS) is 11.5. The molecule has 15 heavy (non-hydrogen) atoms. The molecular weight excluding hydrogens is 295 g/mol. The summed E-state index contributed by atoms with van der Waals surface area (Å²) >= 11 is 3.21. The maximum absolute atomic E-state index is 11.9. The fraction of sp³-hybridized carbons (Fsp3) is 0.111. The fourth-order valence-corrected chi connectivity index (χ4v) is 1.38. The van der Waals surface area contributed by atoms with Gasteiger partial charge in [-0.2, -0.15) is 0 Å². The third-order valence-electron chi connectivity index (χ3n) is 1.74. The number of benzene rings is 1. The Morgan fingerprint density at radius 2 is 1.87 bits per heavy atom. The Morgan fingerprint density at radius 3 is 2.40 bits per heavy atom. The van der Waals surface area contributed by atoms with Gasteiger partial charge in [0.2, 0.25) is 0 Å². The second-order valence-electron chi connectivity index (χ2n) is 2.99. The summed E-state index contributed by atoms with van der Waals surface area (Å²) in [6.45, 7) is -3.08. The van der Waals surface area contributed by atoms with E-state index in [4.69, 9.17) is 0 Å². The van der Waals surface area contributed by atoms with E-state index < -0.39 is 6.98 Å². The van der Waals surface area contributed by atoms with Crippen molar-refractivity contribution in [2.45, 2.75) is 6.92 Å². The summed E-state index contributed by atoms with van der Waals surface area (Å²) in [5.74, 6) is 0.300. The van der Waals surface area contributed by atoms with Crippen molar-refractivity contribution in [3.63, 3.8) is 0 Å². The first kappa shape index (κ1) is 15.9. The van der Waals surface area contributed by atoms with Crippen LogP contribution < -0.4 is 51.4 Å². The third-order valence-corrected chi connectivity index (χ3v) is 2.23. The predicted molar refractivity (Wildman–Crippen MR) is 57.0 cm³/mol. The Hall–Kier alpha value is 0.931. The second kappa shape index (κ2) is 6.61. The van der Waals surface area contributed by atoms with E-state index in [0.717, 1.165) is 16.1 Å². The van der Waals surface area contributed by atoms with Gasteiger partial charge in [0.05, 0.1) is 0 Å². The third kappa shape index (κ3) is 6.29. The molecule has 0 aliphatic rings. The molecule has 0 heterocycles. The molecule has 1 rings (SSSR count). The molecule has 0 amide bonds. The summed E-state index contributed by atoms with van der Waals surface area (Å²) in [7, 11) is 0. The van der Waals surface area contributed by atoms with Gasteiger partial charge in [-0.05, 0) is 30.2 Å². The molecule has 0 saturated heterocycles. The Balaban J connectivity index is 0.00000196. The molecule has 6 heteroatoms. The number of hydrogen-bond donors (Lipinski definition) is 0. The summed E-state index contributed by atoms with van der Waals surface area (Å²) in [6.07, 6.45) is 1.10. The molecule has 0 N–H and O–H groups in total. The van der Waals surface area contributed by atoms with Gasteiger partial charge in [-0.1, -0.05) is 28.1 Å². The SMILES string of the molecule is Cc1ccc(Br)cc1/C=C/[B-](F)(F)F.[K+]. The van der Waals surface area contributed by atoms with Crippen LogP contribution in [-0.4, -0.2) is 6.98 Å². The maximum Gasteiger partial charge on any atom is 1.00 e. The van der Waals surface area contributed by atoms with Crippen LogP contribution >= 0.6 is 15.9 Å². The van der Waals surface area contributed by atoms with E-state index in [0.29, 0.717) is 11.5 Å². The van der Waals surface area contributed by atoms with E-state index in [-0.39, 0.29) is 51.4 Å². The van der Waals surface area contributed by atoms with E-state index in [1.54, 1.807) is 25.1 Å². The molecule has 0 spiro atoms. The van der Waals surface area contributed by atoms with Crippen molar-refractivity contribution in [2.24, 2.45) is 0 Å². The Labute approximate surface area is 138 Å². The molecule has 0 bridgehead atoms. The summed E-state index contributed by atoms with van der Waals surface area (Å²) in [5, 5.41) is 0. The molecule has 0 aromatic heterocycles. The molecule has 1 aromatic rings. The molecule has 0 unspecified atom stereocenters. The van der Waals surface area contributed by atoms with Crippen LogP contribution in [0, 0.1) is 6.92 Å². The molecule has 0 radical (unpaired) electrons. The molecular formula is C9H8BBrF3K. The summed E-state index contributed by atoms with van der Waals surface area (Å²) < 4.78 is 36.6. The van der Waals surface area contributed by atoms with Crippen LogP contribution in [0.2, 0.25) is 0 Å². The molecule has 0 aliphatic heterocycles. The average molecular weight is 303 g/mol. The first-order valence-electron chi connectivity index (χ1n) is 4.04. The summed E-state index contributed by atoms with van der Waals surface area (Å²) in [4.78, 5) is 0. The summed E-state index contributed by atoms with van der Waals surface area (Å²) in [5.41, 5.74) is 1.41. The minimum Gasteiger partial charge on any atom is -0.445 e. The number of hydrogen-bond acceptors (Lipinski definition) is 0. The zero-order valence-corrected chi connectivity index (χ0v) is 13.2. The van der Waals surface area contributed by atoms with E-state index in [9.17, 15) is 12.9 Å². The Bertz CT molecular complexity index is 363. The number of rotatable bonds is 2. The van der Waals surface area contributed by atoms with Gasteiger partial charge in [0.25, 0.3) is 0 Å². The van der Waals surface area contributed by atoms with Gasteiger partial charge in [-0.3, -0.25) is 0 Å². The number of halogens is 4. The van der Waals surface area contributed by atoms with Crippen molar-refractivity contribution in [3.8, 4) is 0 Å². The molecule has 76 valence electrons. The van der Waals surface area contributed by atoms with Crippen LogP contribution in [0.15, 0.2) is 28.6 Å². The van der Waals surface area contributed by atoms with Crippen LogP contribution in [-0.2, 0) is 0 Å². The van der Waals surface area contributed by atoms with Gasteiger partial charge in [0.15, 0.2) is 0 Å². The molecule has 0 fully saturated rings. The van der Waals surface area contributed by atoms with Crippen molar-refractivity contribution in [1.29, 1.82) is 0 Å². The Morgan fingerprint density at radius 1 is 1.27 bits per heavy atom. The Kier molecular flexibility index (Phi) is 7.03. The topological polar surface area (TPSA) is 0 Å². The largest absolute Gasteiger partial charge is 1.00 e. The number of aryl methyl sites for hydroxylation is 1. The summed E-state index contributed by atoms with van der Waals surface area (Å²) in [6, 6.07) is 5.23.